The smallest absolute Gasteiger partial charge is 0.320 e. The molecule has 1 aromatic carbocycles. The number of thioether (sulfide) groups is 1. The molecule has 96 valence electrons. The van der Waals surface area contributed by atoms with Gasteiger partial charge in [0, 0.05) is 4.90 Å². The summed E-state index contributed by atoms with van der Waals surface area (Å²) in [6, 6.07) is 6.06. The Morgan fingerprint density at radius 1 is 1.33 bits per heavy atom. The highest BCUT2D eigenvalue weighted by Crippen LogP contribution is 2.48. The third-order valence-corrected chi connectivity index (χ3v) is 5.21. The normalized spacial score (nSPS) is 20.4. The highest BCUT2D eigenvalue weighted by molar-refractivity contribution is 8.01. The fraction of sp³-hybridized carbons (Fsp3) is 0.500. The molecule has 0 unspecified atom stereocenters. The molecule has 1 fully saturated rings. The molecular formula is C14H16O3S. The van der Waals surface area contributed by atoms with Crippen molar-refractivity contribution in [3.8, 4) is 5.75 Å². The van der Waals surface area contributed by atoms with Gasteiger partial charge in [-0.2, -0.15) is 0 Å². The summed E-state index contributed by atoms with van der Waals surface area (Å²) in [4.78, 5) is 12.4. The van der Waals surface area contributed by atoms with E-state index >= 15 is 0 Å². The Balaban J connectivity index is 1.82. The molecule has 3 rings (SSSR count). The molecule has 1 aromatic rings. The van der Waals surface area contributed by atoms with Crippen molar-refractivity contribution in [3.05, 3.63) is 23.8 Å². The van der Waals surface area contributed by atoms with E-state index in [-0.39, 0.29) is 0 Å². The van der Waals surface area contributed by atoms with E-state index in [0.717, 1.165) is 49.4 Å². The molecule has 4 heteroatoms. The number of hydrogen-bond acceptors (Lipinski definition) is 3. The average molecular weight is 264 g/mol. The van der Waals surface area contributed by atoms with Crippen LogP contribution in [0.15, 0.2) is 23.1 Å². The quantitative estimate of drug-likeness (QED) is 0.911. The first-order valence-electron chi connectivity index (χ1n) is 6.38. The predicted octanol–water partition coefficient (Wildman–Crippen LogP) is 3.11. The van der Waals surface area contributed by atoms with Crippen LogP contribution in [0.2, 0.25) is 0 Å². The molecule has 0 amide bonds. The van der Waals surface area contributed by atoms with Crippen LogP contribution in [0.4, 0.5) is 0 Å². The number of aliphatic carboxylic acids is 1. The highest BCUT2D eigenvalue weighted by Gasteiger charge is 2.45. The molecule has 0 spiro atoms. The number of carbonyl (C=O) groups is 1. The van der Waals surface area contributed by atoms with Gasteiger partial charge in [0.15, 0.2) is 0 Å². The van der Waals surface area contributed by atoms with E-state index in [4.69, 9.17) is 4.74 Å². The first-order valence-corrected chi connectivity index (χ1v) is 7.19. The largest absolute Gasteiger partial charge is 0.493 e. The van der Waals surface area contributed by atoms with Crippen LogP contribution in [0.5, 0.6) is 5.75 Å². The van der Waals surface area contributed by atoms with E-state index in [9.17, 15) is 9.90 Å². The molecule has 0 bridgehead atoms. The van der Waals surface area contributed by atoms with Crippen LogP contribution in [0.1, 0.15) is 31.2 Å². The fourth-order valence-electron chi connectivity index (χ4n) is 2.48. The van der Waals surface area contributed by atoms with Gasteiger partial charge in [-0.1, -0.05) is 0 Å². The zero-order valence-electron chi connectivity index (χ0n) is 10.1. The summed E-state index contributed by atoms with van der Waals surface area (Å²) in [5.41, 5.74) is 1.21. The molecule has 3 nitrogen and oxygen atoms in total. The number of hydrogen-bond donors (Lipinski definition) is 1. The van der Waals surface area contributed by atoms with Crippen LogP contribution < -0.4 is 4.74 Å². The van der Waals surface area contributed by atoms with E-state index < -0.39 is 10.7 Å². The molecular weight excluding hydrogens is 248 g/mol. The second kappa shape index (κ2) is 4.50. The standard InChI is InChI=1S/C14H16O3S/c15-13(16)14(6-2-7-14)18-11-4-5-12-10(9-11)3-1-8-17-12/h4-5,9H,1-3,6-8H2,(H,15,16). The molecule has 1 heterocycles. The SMILES string of the molecule is O=C(O)C1(Sc2ccc3c(c2)CCCO3)CCC1. The van der Waals surface area contributed by atoms with Gasteiger partial charge in [0.05, 0.1) is 6.61 Å². The van der Waals surface area contributed by atoms with Gasteiger partial charge in [0.2, 0.25) is 0 Å². The summed E-state index contributed by atoms with van der Waals surface area (Å²) in [6.07, 6.45) is 4.66. The number of fused-ring (bicyclic) bond motifs is 1. The summed E-state index contributed by atoms with van der Waals surface area (Å²) >= 11 is 1.50. The topological polar surface area (TPSA) is 46.5 Å². The number of aryl methyl sites for hydroxylation is 1. The van der Waals surface area contributed by atoms with Crippen LogP contribution in [0, 0.1) is 0 Å². The molecule has 0 atom stereocenters. The Bertz CT molecular complexity index is 480. The van der Waals surface area contributed by atoms with Gasteiger partial charge in [0.1, 0.15) is 10.5 Å². The molecule has 1 aliphatic heterocycles. The molecule has 0 aromatic heterocycles. The first kappa shape index (κ1) is 11.9. The van der Waals surface area contributed by atoms with E-state index in [0.29, 0.717) is 0 Å². The van der Waals surface area contributed by atoms with Crippen molar-refractivity contribution < 1.29 is 14.6 Å². The monoisotopic (exact) mass is 264 g/mol. The van der Waals surface area contributed by atoms with Crippen molar-refractivity contribution in [1.29, 1.82) is 0 Å². The second-order valence-electron chi connectivity index (χ2n) is 4.98. The van der Waals surface area contributed by atoms with Gasteiger partial charge >= 0.3 is 5.97 Å². The van der Waals surface area contributed by atoms with Gasteiger partial charge in [-0.05, 0) is 55.9 Å². The lowest BCUT2D eigenvalue weighted by atomic mass is 9.84. The summed E-state index contributed by atoms with van der Waals surface area (Å²) in [5.74, 6) is 0.288. The van der Waals surface area contributed by atoms with Crippen molar-refractivity contribution in [1.82, 2.24) is 0 Å². The molecule has 0 radical (unpaired) electrons. The van der Waals surface area contributed by atoms with E-state index in [1.54, 1.807) is 0 Å². The van der Waals surface area contributed by atoms with Crippen molar-refractivity contribution >= 4 is 17.7 Å². The summed E-state index contributed by atoms with van der Waals surface area (Å²) < 4.78 is 4.99. The third-order valence-electron chi connectivity index (χ3n) is 3.74. The Morgan fingerprint density at radius 2 is 2.17 bits per heavy atom. The minimum absolute atomic E-state index is 0.580. The van der Waals surface area contributed by atoms with Crippen molar-refractivity contribution in [2.24, 2.45) is 0 Å². The van der Waals surface area contributed by atoms with E-state index in [1.807, 2.05) is 12.1 Å². The summed E-state index contributed by atoms with van der Waals surface area (Å²) in [5, 5.41) is 9.34. The second-order valence-corrected chi connectivity index (χ2v) is 6.43. The molecule has 1 N–H and O–H groups in total. The zero-order chi connectivity index (χ0) is 12.6. The fourth-order valence-corrected chi connectivity index (χ4v) is 3.85. The van der Waals surface area contributed by atoms with Gasteiger partial charge in [-0.15, -0.1) is 11.8 Å². The maximum Gasteiger partial charge on any atom is 0.320 e. The minimum atomic E-state index is -0.673. The summed E-state index contributed by atoms with van der Waals surface area (Å²) in [7, 11) is 0. The summed E-state index contributed by atoms with van der Waals surface area (Å²) in [6.45, 7) is 0.790. The van der Waals surface area contributed by atoms with E-state index in [2.05, 4.69) is 6.07 Å². The average Bonchev–Trinajstić information content (AvgIpc) is 2.33. The van der Waals surface area contributed by atoms with Crippen LogP contribution in [-0.4, -0.2) is 22.4 Å². The highest BCUT2D eigenvalue weighted by atomic mass is 32.2. The number of benzene rings is 1. The Hall–Kier alpha value is -1.16. The number of carboxylic acid groups (broad SMARTS) is 1. The Morgan fingerprint density at radius 3 is 2.83 bits per heavy atom. The van der Waals surface area contributed by atoms with Crippen molar-refractivity contribution in [2.75, 3.05) is 6.61 Å². The zero-order valence-corrected chi connectivity index (χ0v) is 11.0. The van der Waals surface area contributed by atoms with Gasteiger partial charge in [0.25, 0.3) is 0 Å². The number of carboxylic acids is 1. The van der Waals surface area contributed by atoms with Crippen LogP contribution >= 0.6 is 11.8 Å². The van der Waals surface area contributed by atoms with Gasteiger partial charge < -0.3 is 9.84 Å². The minimum Gasteiger partial charge on any atom is -0.493 e. The number of rotatable bonds is 3. The molecule has 2 aliphatic rings. The maximum atomic E-state index is 11.4. The van der Waals surface area contributed by atoms with Gasteiger partial charge in [-0.25, -0.2) is 0 Å². The lowest BCUT2D eigenvalue weighted by Gasteiger charge is -2.37. The third kappa shape index (κ3) is 1.99. The predicted molar refractivity (Wildman–Crippen MR) is 70.3 cm³/mol. The Labute approximate surface area is 111 Å². The maximum absolute atomic E-state index is 11.4. The molecule has 1 aliphatic carbocycles. The lowest BCUT2D eigenvalue weighted by Crippen LogP contribution is -2.41. The van der Waals surface area contributed by atoms with Crippen molar-refractivity contribution in [2.45, 2.75) is 41.7 Å². The Kier molecular flexibility index (Phi) is 2.98. The van der Waals surface area contributed by atoms with Crippen LogP contribution in [-0.2, 0) is 11.2 Å². The van der Waals surface area contributed by atoms with Gasteiger partial charge in [-0.3, -0.25) is 4.79 Å². The number of ether oxygens (including phenoxy) is 1. The molecule has 1 saturated carbocycles. The van der Waals surface area contributed by atoms with E-state index in [1.165, 1.54) is 17.3 Å². The van der Waals surface area contributed by atoms with Crippen LogP contribution in [0.3, 0.4) is 0 Å². The lowest BCUT2D eigenvalue weighted by molar-refractivity contribution is -0.142. The molecule has 18 heavy (non-hydrogen) atoms. The van der Waals surface area contributed by atoms with Crippen molar-refractivity contribution in [3.63, 3.8) is 0 Å². The van der Waals surface area contributed by atoms with Crippen LogP contribution in [0.25, 0.3) is 0 Å². The molecule has 0 saturated heterocycles. The first-order chi connectivity index (χ1) is 8.70.